The smallest absolute Gasteiger partial charge is 0.337 e. The quantitative estimate of drug-likeness (QED) is 0.731. The molecule has 74 valence electrons. The van der Waals surface area contributed by atoms with Crippen LogP contribution in [-0.4, -0.2) is 16.2 Å². The second-order valence-electron chi connectivity index (χ2n) is 3.22. The third kappa shape index (κ3) is 1.38. The molecule has 0 aromatic heterocycles. The summed E-state index contributed by atoms with van der Waals surface area (Å²) in [4.78, 5) is 10.6. The first-order valence-electron chi connectivity index (χ1n) is 4.29. The van der Waals surface area contributed by atoms with E-state index in [0.717, 1.165) is 11.1 Å². The first-order chi connectivity index (χ1) is 6.70. The minimum absolute atomic E-state index is 0.385. The second kappa shape index (κ2) is 3.40. The average Bonchev–Trinajstić information content (AvgIpc) is 2.63. The molecule has 0 fully saturated rings. The topological polar surface area (TPSA) is 66.8 Å². The standard InChI is InChI=1S/C10H10O4/c11-9(10(12)13)7-3-1-2-6-4-14-5-8(6)7/h1-3,9,11H,4-5H2,(H,12,13). The van der Waals surface area contributed by atoms with Crippen LogP contribution in [-0.2, 0) is 22.7 Å². The zero-order valence-corrected chi connectivity index (χ0v) is 7.43. The van der Waals surface area contributed by atoms with Gasteiger partial charge in [-0.15, -0.1) is 0 Å². The van der Waals surface area contributed by atoms with Gasteiger partial charge >= 0.3 is 5.97 Å². The minimum atomic E-state index is -1.45. The van der Waals surface area contributed by atoms with Gasteiger partial charge in [-0.2, -0.15) is 0 Å². The lowest BCUT2D eigenvalue weighted by molar-refractivity contribution is -0.147. The summed E-state index contributed by atoms with van der Waals surface area (Å²) in [5, 5.41) is 18.1. The van der Waals surface area contributed by atoms with Crippen molar-refractivity contribution in [2.75, 3.05) is 0 Å². The van der Waals surface area contributed by atoms with Crippen LogP contribution in [0.15, 0.2) is 18.2 Å². The molecule has 0 radical (unpaired) electrons. The van der Waals surface area contributed by atoms with Crippen LogP contribution in [0.1, 0.15) is 22.8 Å². The molecule has 1 aromatic carbocycles. The van der Waals surface area contributed by atoms with Gasteiger partial charge in [0.05, 0.1) is 13.2 Å². The highest BCUT2D eigenvalue weighted by molar-refractivity contribution is 5.74. The fourth-order valence-electron chi connectivity index (χ4n) is 1.62. The number of fused-ring (bicyclic) bond motifs is 1. The lowest BCUT2D eigenvalue weighted by Crippen LogP contribution is -2.12. The van der Waals surface area contributed by atoms with E-state index in [1.54, 1.807) is 12.1 Å². The fraction of sp³-hybridized carbons (Fsp3) is 0.300. The summed E-state index contributed by atoms with van der Waals surface area (Å²) >= 11 is 0. The molecule has 0 spiro atoms. The Balaban J connectivity index is 2.44. The third-order valence-electron chi connectivity index (χ3n) is 2.34. The Morgan fingerprint density at radius 3 is 2.93 bits per heavy atom. The van der Waals surface area contributed by atoms with E-state index in [9.17, 15) is 9.90 Å². The van der Waals surface area contributed by atoms with Crippen LogP contribution in [0.5, 0.6) is 0 Å². The van der Waals surface area contributed by atoms with E-state index < -0.39 is 12.1 Å². The number of ether oxygens (including phenoxy) is 1. The molecule has 0 saturated heterocycles. The molecule has 1 aromatic rings. The highest BCUT2D eigenvalue weighted by atomic mass is 16.5. The molecule has 0 amide bonds. The first-order valence-corrected chi connectivity index (χ1v) is 4.29. The summed E-state index contributed by atoms with van der Waals surface area (Å²) in [5.41, 5.74) is 2.21. The van der Waals surface area contributed by atoms with E-state index >= 15 is 0 Å². The molecule has 1 heterocycles. The van der Waals surface area contributed by atoms with Crippen LogP contribution in [0.4, 0.5) is 0 Å². The van der Waals surface area contributed by atoms with Crippen molar-refractivity contribution in [3.63, 3.8) is 0 Å². The average molecular weight is 194 g/mol. The molecule has 4 nitrogen and oxygen atoms in total. The van der Waals surface area contributed by atoms with Crippen LogP contribution in [0, 0.1) is 0 Å². The monoisotopic (exact) mass is 194 g/mol. The Labute approximate surface area is 80.7 Å². The zero-order chi connectivity index (χ0) is 10.1. The van der Waals surface area contributed by atoms with Crippen molar-refractivity contribution in [2.24, 2.45) is 0 Å². The molecule has 1 aliphatic rings. The van der Waals surface area contributed by atoms with E-state index in [1.807, 2.05) is 6.07 Å². The van der Waals surface area contributed by atoms with Crippen molar-refractivity contribution in [3.8, 4) is 0 Å². The van der Waals surface area contributed by atoms with Crippen LogP contribution >= 0.6 is 0 Å². The van der Waals surface area contributed by atoms with E-state index in [-0.39, 0.29) is 0 Å². The third-order valence-corrected chi connectivity index (χ3v) is 2.34. The van der Waals surface area contributed by atoms with Crippen molar-refractivity contribution in [2.45, 2.75) is 19.3 Å². The number of hydrogen-bond donors (Lipinski definition) is 2. The maximum absolute atomic E-state index is 10.6. The number of carboxylic acid groups (broad SMARTS) is 1. The van der Waals surface area contributed by atoms with Crippen LogP contribution < -0.4 is 0 Å². The highest BCUT2D eigenvalue weighted by Gasteiger charge is 2.23. The van der Waals surface area contributed by atoms with Gasteiger partial charge in [-0.3, -0.25) is 0 Å². The Bertz CT molecular complexity index is 372. The Morgan fingerprint density at radius 2 is 2.21 bits per heavy atom. The number of hydrogen-bond acceptors (Lipinski definition) is 3. The van der Waals surface area contributed by atoms with Crippen molar-refractivity contribution < 1.29 is 19.7 Å². The second-order valence-corrected chi connectivity index (χ2v) is 3.22. The molecular weight excluding hydrogens is 184 g/mol. The van der Waals surface area contributed by atoms with Crippen LogP contribution in [0.3, 0.4) is 0 Å². The fourth-order valence-corrected chi connectivity index (χ4v) is 1.62. The predicted molar refractivity (Wildman–Crippen MR) is 47.5 cm³/mol. The number of aliphatic carboxylic acids is 1. The Morgan fingerprint density at radius 1 is 1.43 bits per heavy atom. The predicted octanol–water partition coefficient (Wildman–Crippen LogP) is 0.835. The summed E-state index contributed by atoms with van der Waals surface area (Å²) in [5.74, 6) is -1.23. The molecule has 0 saturated carbocycles. The summed E-state index contributed by atoms with van der Waals surface area (Å²) in [6.45, 7) is 0.880. The maximum atomic E-state index is 10.6. The molecule has 14 heavy (non-hydrogen) atoms. The maximum Gasteiger partial charge on any atom is 0.337 e. The van der Waals surface area contributed by atoms with E-state index in [2.05, 4.69) is 0 Å². The molecule has 1 atom stereocenters. The van der Waals surface area contributed by atoms with Gasteiger partial charge in [-0.05, 0) is 16.7 Å². The van der Waals surface area contributed by atoms with Crippen molar-refractivity contribution in [1.82, 2.24) is 0 Å². The van der Waals surface area contributed by atoms with E-state index in [1.165, 1.54) is 0 Å². The molecule has 2 rings (SSSR count). The number of rotatable bonds is 2. The van der Waals surface area contributed by atoms with Gasteiger partial charge in [-0.25, -0.2) is 4.79 Å². The Hall–Kier alpha value is -1.39. The van der Waals surface area contributed by atoms with Crippen molar-refractivity contribution in [1.29, 1.82) is 0 Å². The number of aliphatic hydroxyl groups is 1. The summed E-state index contributed by atoms with van der Waals surface area (Å²) in [6.07, 6.45) is -1.45. The normalized spacial score (nSPS) is 16.4. The van der Waals surface area contributed by atoms with Gasteiger partial charge < -0.3 is 14.9 Å². The van der Waals surface area contributed by atoms with Gasteiger partial charge in [0.1, 0.15) is 0 Å². The van der Waals surface area contributed by atoms with Gasteiger partial charge in [0, 0.05) is 0 Å². The van der Waals surface area contributed by atoms with Crippen molar-refractivity contribution in [3.05, 3.63) is 34.9 Å². The molecule has 0 bridgehead atoms. The number of carbonyl (C=O) groups is 1. The Kier molecular flexibility index (Phi) is 2.23. The molecule has 0 aliphatic carbocycles. The van der Waals surface area contributed by atoms with Crippen LogP contribution in [0.2, 0.25) is 0 Å². The van der Waals surface area contributed by atoms with Gasteiger partial charge in [0.25, 0.3) is 0 Å². The lowest BCUT2D eigenvalue weighted by Gasteiger charge is -2.09. The highest BCUT2D eigenvalue weighted by Crippen LogP contribution is 2.27. The largest absolute Gasteiger partial charge is 0.479 e. The summed E-state index contributed by atoms with van der Waals surface area (Å²) < 4.78 is 5.18. The number of carboxylic acids is 1. The molecule has 1 aliphatic heterocycles. The van der Waals surface area contributed by atoms with E-state index in [0.29, 0.717) is 18.8 Å². The minimum Gasteiger partial charge on any atom is -0.479 e. The van der Waals surface area contributed by atoms with Gasteiger partial charge in [-0.1, -0.05) is 18.2 Å². The molecular formula is C10H10O4. The van der Waals surface area contributed by atoms with E-state index in [4.69, 9.17) is 9.84 Å². The SMILES string of the molecule is O=C(O)C(O)c1cccc2c1COC2. The lowest BCUT2D eigenvalue weighted by atomic mass is 9.99. The van der Waals surface area contributed by atoms with Gasteiger partial charge in [0.2, 0.25) is 0 Å². The van der Waals surface area contributed by atoms with Gasteiger partial charge in [0.15, 0.2) is 6.10 Å². The number of benzene rings is 1. The zero-order valence-electron chi connectivity index (χ0n) is 7.43. The number of aliphatic hydroxyl groups excluding tert-OH is 1. The summed E-state index contributed by atoms with van der Waals surface area (Å²) in [6, 6.07) is 5.22. The van der Waals surface area contributed by atoms with Crippen LogP contribution in [0.25, 0.3) is 0 Å². The molecule has 2 N–H and O–H groups in total. The molecule has 4 heteroatoms. The van der Waals surface area contributed by atoms with Crippen molar-refractivity contribution >= 4 is 5.97 Å². The molecule has 1 unspecified atom stereocenters. The first kappa shape index (κ1) is 9.18. The summed E-state index contributed by atoms with van der Waals surface area (Å²) in [7, 11) is 0.